The molecule has 3 atom stereocenters. The van der Waals surface area contributed by atoms with Crippen LogP contribution in [0.3, 0.4) is 0 Å². The molecular formula is C24H38F2N6O. The van der Waals surface area contributed by atoms with Crippen LogP contribution in [0.25, 0.3) is 5.70 Å². The second-order valence-electron chi connectivity index (χ2n) is 8.86. The van der Waals surface area contributed by atoms with Gasteiger partial charge in [0.05, 0.1) is 5.70 Å². The Kier molecular flexibility index (Phi) is 8.07. The molecule has 4 rings (SSSR count). The fourth-order valence-electron chi connectivity index (χ4n) is 5.12. The summed E-state index contributed by atoms with van der Waals surface area (Å²) in [6.45, 7) is 6.43. The molecule has 3 heterocycles. The van der Waals surface area contributed by atoms with Crippen molar-refractivity contribution in [2.24, 2.45) is 23.1 Å². The number of allylic oxidation sites excluding steroid dienone is 1. The molecule has 0 aromatic heterocycles. The predicted molar refractivity (Wildman–Crippen MR) is 128 cm³/mol. The first kappa shape index (κ1) is 25.1. The fraction of sp³-hybridized carbons (Fsp3) is 0.583. The summed E-state index contributed by atoms with van der Waals surface area (Å²) in [5.74, 6) is -3.06. The van der Waals surface area contributed by atoms with E-state index in [0.29, 0.717) is 49.7 Å². The number of likely N-dealkylation sites (tertiary alicyclic amines) is 1. The Labute approximate surface area is 195 Å². The van der Waals surface area contributed by atoms with Gasteiger partial charge in [0.1, 0.15) is 11.6 Å². The number of benzene rings is 1. The summed E-state index contributed by atoms with van der Waals surface area (Å²) in [5, 5.41) is 13.2. The smallest absolute Gasteiger partial charge is 0.254 e. The highest BCUT2D eigenvalue weighted by Gasteiger charge is 2.47. The van der Waals surface area contributed by atoms with Crippen molar-refractivity contribution < 1.29 is 13.9 Å². The van der Waals surface area contributed by atoms with E-state index in [4.69, 9.17) is 17.2 Å². The van der Waals surface area contributed by atoms with Gasteiger partial charge in [-0.25, -0.2) is 8.78 Å². The lowest BCUT2D eigenvalue weighted by Gasteiger charge is -2.45. The maximum Gasteiger partial charge on any atom is 0.254 e. The van der Waals surface area contributed by atoms with Gasteiger partial charge in [-0.1, -0.05) is 26.0 Å². The van der Waals surface area contributed by atoms with Crippen LogP contribution < -0.4 is 22.5 Å². The molecule has 0 spiro atoms. The van der Waals surface area contributed by atoms with Crippen LogP contribution in [0.1, 0.15) is 38.7 Å². The molecule has 9 heteroatoms. The topological polar surface area (TPSA) is 117 Å². The minimum atomic E-state index is -2.62. The molecule has 1 aromatic carbocycles. The first-order valence-electron chi connectivity index (χ1n) is 11.9. The SMILES string of the molecule is CC.NC(N)=C(/C=C(\N)c1ccccc1O)N1CC2CCC(C1)N2CC1CNCCC1(F)F. The Balaban J connectivity index is 0.00000149. The number of nitrogens with zero attached hydrogens (tertiary/aromatic N) is 2. The molecule has 33 heavy (non-hydrogen) atoms. The van der Waals surface area contributed by atoms with E-state index in [1.807, 2.05) is 13.8 Å². The van der Waals surface area contributed by atoms with Gasteiger partial charge in [-0.15, -0.1) is 0 Å². The Morgan fingerprint density at radius 3 is 2.36 bits per heavy atom. The standard InChI is InChI=1S/C22H32F2N6O.C2H6/c23-22(24)7-8-28-10-14(22)11-30-15-5-6-16(30)13-29(12-15)19(21(26)27)9-18(25)17-3-1-2-4-20(17)31;1-2/h1-4,9,14-16,28,31H,5-8,10-13,25-27H2;1-2H3/b18-9-;. The first-order valence-corrected chi connectivity index (χ1v) is 11.9. The number of rotatable bonds is 5. The van der Waals surface area contributed by atoms with Gasteiger partial charge in [-0.2, -0.15) is 0 Å². The lowest BCUT2D eigenvalue weighted by Crippen LogP contribution is -2.58. The Morgan fingerprint density at radius 2 is 1.79 bits per heavy atom. The van der Waals surface area contributed by atoms with Crippen molar-refractivity contribution in [2.75, 3.05) is 32.7 Å². The number of aromatic hydroxyl groups is 1. The van der Waals surface area contributed by atoms with Crippen LogP contribution in [-0.2, 0) is 0 Å². The van der Waals surface area contributed by atoms with Crippen LogP contribution in [0.4, 0.5) is 8.78 Å². The lowest BCUT2D eigenvalue weighted by atomic mass is 9.93. The molecule has 3 unspecified atom stereocenters. The van der Waals surface area contributed by atoms with Crippen LogP contribution in [0.5, 0.6) is 5.75 Å². The molecule has 0 radical (unpaired) electrons. The minimum Gasteiger partial charge on any atom is -0.507 e. The summed E-state index contributed by atoms with van der Waals surface area (Å²) in [6, 6.07) is 7.16. The van der Waals surface area contributed by atoms with E-state index in [1.165, 1.54) is 0 Å². The van der Waals surface area contributed by atoms with Gasteiger partial charge < -0.3 is 32.5 Å². The summed E-state index contributed by atoms with van der Waals surface area (Å²) < 4.78 is 28.8. The molecule has 1 aromatic rings. The van der Waals surface area contributed by atoms with Gasteiger partial charge in [0.2, 0.25) is 0 Å². The molecule has 0 amide bonds. The zero-order valence-corrected chi connectivity index (χ0v) is 19.6. The molecule has 7 nitrogen and oxygen atoms in total. The van der Waals surface area contributed by atoms with E-state index in [0.717, 1.165) is 12.8 Å². The molecule has 3 aliphatic heterocycles. The molecule has 8 N–H and O–H groups in total. The van der Waals surface area contributed by atoms with Crippen molar-refractivity contribution >= 4 is 5.70 Å². The number of nitrogens with two attached hydrogens (primary N) is 3. The zero-order valence-electron chi connectivity index (χ0n) is 19.6. The Bertz CT molecular complexity index is 856. The number of piperazine rings is 1. The van der Waals surface area contributed by atoms with Crippen molar-refractivity contribution in [3.63, 3.8) is 0 Å². The number of phenolic OH excluding ortho intramolecular Hbond substituents is 1. The maximum absolute atomic E-state index is 14.4. The van der Waals surface area contributed by atoms with Gasteiger partial charge in [-0.05, 0) is 31.1 Å². The van der Waals surface area contributed by atoms with Gasteiger partial charge in [0.25, 0.3) is 5.92 Å². The summed E-state index contributed by atoms with van der Waals surface area (Å²) >= 11 is 0. The Morgan fingerprint density at radius 1 is 1.15 bits per heavy atom. The number of halogens is 2. The van der Waals surface area contributed by atoms with Crippen molar-refractivity contribution in [1.82, 2.24) is 15.1 Å². The molecule has 3 fully saturated rings. The zero-order chi connectivity index (χ0) is 24.2. The maximum atomic E-state index is 14.4. The molecule has 0 saturated carbocycles. The highest BCUT2D eigenvalue weighted by molar-refractivity contribution is 5.69. The van der Waals surface area contributed by atoms with E-state index in [2.05, 4.69) is 15.1 Å². The highest BCUT2D eigenvalue weighted by Crippen LogP contribution is 2.37. The van der Waals surface area contributed by atoms with E-state index < -0.39 is 11.8 Å². The average molecular weight is 465 g/mol. The fourth-order valence-corrected chi connectivity index (χ4v) is 5.12. The number of piperidine rings is 1. The average Bonchev–Trinajstić information content (AvgIpc) is 3.01. The van der Waals surface area contributed by atoms with Crippen molar-refractivity contribution in [3.8, 4) is 5.75 Å². The number of para-hydroxylation sites is 1. The third-order valence-corrected chi connectivity index (χ3v) is 6.83. The van der Waals surface area contributed by atoms with Crippen molar-refractivity contribution in [2.45, 2.75) is 51.1 Å². The van der Waals surface area contributed by atoms with Gasteiger partial charge >= 0.3 is 0 Å². The summed E-state index contributed by atoms with van der Waals surface area (Å²) in [4.78, 5) is 4.35. The Hall–Kier alpha value is -2.52. The number of phenols is 1. The van der Waals surface area contributed by atoms with E-state index >= 15 is 0 Å². The summed E-state index contributed by atoms with van der Waals surface area (Å²) in [6.07, 6.45) is 3.52. The van der Waals surface area contributed by atoms with Gasteiger partial charge in [-0.3, -0.25) is 4.90 Å². The van der Waals surface area contributed by atoms with Crippen LogP contribution in [-0.4, -0.2) is 65.6 Å². The van der Waals surface area contributed by atoms with Gasteiger partial charge in [0.15, 0.2) is 0 Å². The number of fused-ring (bicyclic) bond motifs is 2. The molecule has 3 aliphatic rings. The van der Waals surface area contributed by atoms with E-state index in [1.54, 1.807) is 30.3 Å². The number of alkyl halides is 2. The molecule has 2 bridgehead atoms. The largest absolute Gasteiger partial charge is 0.507 e. The van der Waals surface area contributed by atoms with E-state index in [-0.39, 0.29) is 30.1 Å². The summed E-state index contributed by atoms with van der Waals surface area (Å²) in [5.41, 5.74) is 19.7. The molecule has 3 saturated heterocycles. The van der Waals surface area contributed by atoms with Crippen LogP contribution in [0, 0.1) is 5.92 Å². The molecule has 0 aliphatic carbocycles. The summed E-state index contributed by atoms with van der Waals surface area (Å²) in [7, 11) is 0. The van der Waals surface area contributed by atoms with Crippen LogP contribution >= 0.6 is 0 Å². The second kappa shape index (κ2) is 10.6. The van der Waals surface area contributed by atoms with Crippen molar-refractivity contribution in [3.05, 3.63) is 47.4 Å². The minimum absolute atomic E-state index is 0.0816. The molecular weight excluding hydrogens is 426 g/mol. The van der Waals surface area contributed by atoms with Crippen LogP contribution in [0.2, 0.25) is 0 Å². The number of hydrogen-bond acceptors (Lipinski definition) is 7. The first-order chi connectivity index (χ1) is 15.8. The monoisotopic (exact) mass is 464 g/mol. The van der Waals surface area contributed by atoms with Crippen molar-refractivity contribution in [1.29, 1.82) is 0 Å². The molecule has 184 valence electrons. The van der Waals surface area contributed by atoms with E-state index in [9.17, 15) is 13.9 Å². The normalized spacial score (nSPS) is 27.0. The highest BCUT2D eigenvalue weighted by atomic mass is 19.3. The van der Waals surface area contributed by atoms with Crippen LogP contribution in [0.15, 0.2) is 41.9 Å². The third-order valence-electron chi connectivity index (χ3n) is 6.83. The predicted octanol–water partition coefficient (Wildman–Crippen LogP) is 2.20. The number of nitrogens with one attached hydrogen (secondary N) is 1. The van der Waals surface area contributed by atoms with Gasteiger partial charge in [0, 0.05) is 68.4 Å². The number of hydrogen-bond donors (Lipinski definition) is 5. The lowest BCUT2D eigenvalue weighted by molar-refractivity contribution is -0.0947. The second-order valence-corrected chi connectivity index (χ2v) is 8.86. The quantitative estimate of drug-likeness (QED) is 0.424. The third kappa shape index (κ3) is 5.52.